The second-order valence-corrected chi connectivity index (χ2v) is 9.64. The number of carbonyl (C=O) groups is 2. The molecule has 0 radical (unpaired) electrons. The van der Waals surface area contributed by atoms with E-state index in [9.17, 15) is 19.8 Å². The van der Waals surface area contributed by atoms with Gasteiger partial charge in [0.15, 0.2) is 5.70 Å². The summed E-state index contributed by atoms with van der Waals surface area (Å²) in [6, 6.07) is 13.8. The standard InChI is InChI=1S/C28H34N2O5/c1-2-16-30(22-9-5-6-20(17-22)26(29)33)25-24(32)18-28(35-27(25)34,21-7-3-4-8-21)15-14-19-10-12-23(31)13-11-19/h5-6,9-13,17,21,31-32H,2-4,7-8,14-16,18H2,1H3,(H2,29,33). The van der Waals surface area contributed by atoms with Crippen molar-refractivity contribution in [3.05, 3.63) is 71.1 Å². The fraction of sp³-hybridized carbons (Fsp3) is 0.429. The highest BCUT2D eigenvalue weighted by Gasteiger charge is 2.49. The molecule has 4 N–H and O–H groups in total. The van der Waals surface area contributed by atoms with Gasteiger partial charge in [0.25, 0.3) is 0 Å². The first-order valence-electron chi connectivity index (χ1n) is 12.4. The van der Waals surface area contributed by atoms with E-state index >= 15 is 0 Å². The number of aliphatic hydroxyl groups is 1. The monoisotopic (exact) mass is 478 g/mol. The number of amides is 1. The molecule has 1 fully saturated rings. The Morgan fingerprint density at radius 2 is 1.86 bits per heavy atom. The van der Waals surface area contributed by atoms with E-state index in [4.69, 9.17) is 10.5 Å². The summed E-state index contributed by atoms with van der Waals surface area (Å²) in [5.74, 6) is -0.668. The number of phenolic OH excluding ortho intramolecular Hbond substituents is 1. The van der Waals surface area contributed by atoms with Crippen LogP contribution in [0.25, 0.3) is 0 Å². The van der Waals surface area contributed by atoms with Gasteiger partial charge in [-0.2, -0.15) is 0 Å². The van der Waals surface area contributed by atoms with Crippen LogP contribution in [-0.4, -0.2) is 34.2 Å². The number of carbonyl (C=O) groups excluding carboxylic acids is 2. The van der Waals surface area contributed by atoms with Crippen molar-refractivity contribution < 1.29 is 24.5 Å². The Labute approximate surface area is 206 Å². The van der Waals surface area contributed by atoms with Crippen molar-refractivity contribution in [1.82, 2.24) is 0 Å². The minimum absolute atomic E-state index is 0.0248. The summed E-state index contributed by atoms with van der Waals surface area (Å²) in [5.41, 5.74) is 6.81. The molecule has 1 unspecified atom stereocenters. The molecule has 1 saturated carbocycles. The van der Waals surface area contributed by atoms with Gasteiger partial charge in [-0.25, -0.2) is 4.79 Å². The van der Waals surface area contributed by atoms with Gasteiger partial charge in [0, 0.05) is 24.2 Å². The third kappa shape index (κ3) is 5.29. The van der Waals surface area contributed by atoms with Crippen LogP contribution in [0.2, 0.25) is 0 Å². The Hall–Kier alpha value is -3.48. The van der Waals surface area contributed by atoms with E-state index < -0.39 is 17.5 Å². The summed E-state index contributed by atoms with van der Waals surface area (Å²) in [4.78, 5) is 27.0. The predicted octanol–water partition coefficient (Wildman–Crippen LogP) is 4.99. The largest absolute Gasteiger partial charge is 0.510 e. The molecule has 2 aromatic carbocycles. The third-order valence-electron chi connectivity index (χ3n) is 7.26. The number of aryl methyl sites for hydroxylation is 1. The SMILES string of the molecule is CCCN(C1=C(O)CC(CCc2ccc(O)cc2)(C2CCCC2)OC1=O)c1cccc(C(N)=O)c1. The number of aromatic hydroxyl groups is 1. The summed E-state index contributed by atoms with van der Waals surface area (Å²) >= 11 is 0. The number of rotatable bonds is 9. The molecule has 1 heterocycles. The second-order valence-electron chi connectivity index (χ2n) is 9.64. The van der Waals surface area contributed by atoms with Crippen molar-refractivity contribution in [1.29, 1.82) is 0 Å². The molecule has 2 aliphatic rings. The number of aliphatic hydroxyl groups excluding tert-OH is 1. The maximum absolute atomic E-state index is 13.5. The molecule has 0 saturated heterocycles. The molecule has 0 aromatic heterocycles. The van der Waals surface area contributed by atoms with Crippen molar-refractivity contribution in [2.24, 2.45) is 11.7 Å². The topological polar surface area (TPSA) is 113 Å². The zero-order valence-corrected chi connectivity index (χ0v) is 20.2. The number of phenols is 1. The normalized spacial score (nSPS) is 20.7. The Morgan fingerprint density at radius 1 is 1.14 bits per heavy atom. The fourth-order valence-electron chi connectivity index (χ4n) is 5.48. The summed E-state index contributed by atoms with van der Waals surface area (Å²) in [6.45, 7) is 2.46. The van der Waals surface area contributed by atoms with Crippen LogP contribution in [0.1, 0.15) is 67.8 Å². The van der Waals surface area contributed by atoms with Crippen LogP contribution in [0.15, 0.2) is 60.0 Å². The fourth-order valence-corrected chi connectivity index (χ4v) is 5.48. The summed E-state index contributed by atoms with van der Waals surface area (Å²) < 4.78 is 6.27. The number of primary amides is 1. The van der Waals surface area contributed by atoms with E-state index in [1.165, 1.54) is 0 Å². The lowest BCUT2D eigenvalue weighted by molar-refractivity contribution is -0.167. The van der Waals surface area contributed by atoms with Gasteiger partial charge in [0.05, 0.1) is 0 Å². The Kier molecular flexibility index (Phi) is 7.34. The van der Waals surface area contributed by atoms with Gasteiger partial charge >= 0.3 is 5.97 Å². The van der Waals surface area contributed by atoms with Gasteiger partial charge < -0.3 is 25.6 Å². The van der Waals surface area contributed by atoms with Crippen molar-refractivity contribution in [3.8, 4) is 5.75 Å². The number of cyclic esters (lactones) is 1. The molecular formula is C28H34N2O5. The molecule has 0 spiro atoms. The van der Waals surface area contributed by atoms with E-state index in [2.05, 4.69) is 0 Å². The number of nitrogens with two attached hydrogens (primary N) is 1. The third-order valence-corrected chi connectivity index (χ3v) is 7.26. The van der Waals surface area contributed by atoms with Gasteiger partial charge in [-0.15, -0.1) is 0 Å². The number of esters is 1. The van der Waals surface area contributed by atoms with Crippen molar-refractivity contribution in [3.63, 3.8) is 0 Å². The van der Waals surface area contributed by atoms with E-state index in [0.29, 0.717) is 30.6 Å². The van der Waals surface area contributed by atoms with Crippen LogP contribution in [-0.2, 0) is 16.0 Å². The van der Waals surface area contributed by atoms with Crippen molar-refractivity contribution in [2.45, 2.75) is 63.9 Å². The molecule has 2 aromatic rings. The van der Waals surface area contributed by atoms with Crippen molar-refractivity contribution >= 4 is 17.6 Å². The first-order chi connectivity index (χ1) is 16.8. The minimum atomic E-state index is -0.772. The Balaban J connectivity index is 1.66. The lowest BCUT2D eigenvalue weighted by atomic mass is 9.77. The molecule has 1 amide bonds. The average molecular weight is 479 g/mol. The summed E-state index contributed by atoms with van der Waals surface area (Å²) in [6.07, 6.45) is 6.34. The quantitative estimate of drug-likeness (QED) is 0.438. The van der Waals surface area contributed by atoms with Gasteiger partial charge in [0.2, 0.25) is 5.91 Å². The number of nitrogens with zero attached hydrogens (tertiary/aromatic N) is 1. The molecular weight excluding hydrogens is 444 g/mol. The highest BCUT2D eigenvalue weighted by Crippen LogP contribution is 2.46. The van der Waals surface area contributed by atoms with E-state index in [0.717, 1.165) is 37.7 Å². The molecule has 35 heavy (non-hydrogen) atoms. The summed E-state index contributed by atoms with van der Waals surface area (Å²) in [7, 11) is 0. The zero-order chi connectivity index (χ0) is 25.0. The number of anilines is 1. The number of hydrogen-bond donors (Lipinski definition) is 3. The summed E-state index contributed by atoms with van der Waals surface area (Å²) in [5, 5.41) is 20.9. The molecule has 186 valence electrons. The Morgan fingerprint density at radius 3 is 2.49 bits per heavy atom. The first-order valence-corrected chi connectivity index (χ1v) is 12.4. The van der Waals surface area contributed by atoms with E-state index in [-0.39, 0.29) is 29.5 Å². The minimum Gasteiger partial charge on any atom is -0.510 e. The van der Waals surface area contributed by atoms with E-state index in [1.807, 2.05) is 19.1 Å². The van der Waals surface area contributed by atoms with Crippen molar-refractivity contribution in [2.75, 3.05) is 11.4 Å². The van der Waals surface area contributed by atoms with Gasteiger partial charge in [-0.1, -0.05) is 38.0 Å². The smallest absolute Gasteiger partial charge is 0.359 e. The highest BCUT2D eigenvalue weighted by atomic mass is 16.6. The van der Waals surface area contributed by atoms with Crippen LogP contribution in [0, 0.1) is 5.92 Å². The van der Waals surface area contributed by atoms with E-state index in [1.54, 1.807) is 41.3 Å². The van der Waals surface area contributed by atoms with Crippen LogP contribution in [0.5, 0.6) is 5.75 Å². The van der Waals surface area contributed by atoms with Gasteiger partial charge in [-0.3, -0.25) is 4.79 Å². The highest BCUT2D eigenvalue weighted by molar-refractivity contribution is 5.96. The number of ether oxygens (including phenoxy) is 1. The van der Waals surface area contributed by atoms with Gasteiger partial charge in [-0.05, 0) is 73.9 Å². The average Bonchev–Trinajstić information content (AvgIpc) is 3.39. The van der Waals surface area contributed by atoms with Gasteiger partial charge in [0.1, 0.15) is 17.1 Å². The molecule has 1 aliphatic heterocycles. The Bertz CT molecular complexity index is 1100. The lowest BCUT2D eigenvalue weighted by Gasteiger charge is -2.43. The van der Waals surface area contributed by atoms with Crippen LogP contribution in [0.4, 0.5) is 5.69 Å². The molecule has 1 aliphatic carbocycles. The maximum Gasteiger partial charge on any atom is 0.359 e. The first kappa shape index (κ1) is 24.6. The lowest BCUT2D eigenvalue weighted by Crippen LogP contribution is -2.48. The van der Waals surface area contributed by atoms with Crippen LogP contribution < -0.4 is 10.6 Å². The van der Waals surface area contributed by atoms with Crippen LogP contribution in [0.3, 0.4) is 0 Å². The maximum atomic E-state index is 13.5. The number of benzene rings is 2. The second kappa shape index (κ2) is 10.4. The molecule has 7 nitrogen and oxygen atoms in total. The number of hydrogen-bond acceptors (Lipinski definition) is 6. The molecule has 4 rings (SSSR count). The molecule has 7 heteroatoms. The van der Waals surface area contributed by atoms with Crippen LogP contribution >= 0.6 is 0 Å². The molecule has 0 bridgehead atoms. The molecule has 1 atom stereocenters. The zero-order valence-electron chi connectivity index (χ0n) is 20.2. The predicted molar refractivity (Wildman–Crippen MR) is 134 cm³/mol.